The van der Waals surface area contributed by atoms with Crippen molar-refractivity contribution in [2.45, 2.75) is 26.4 Å². The molecule has 148 valence electrons. The first kappa shape index (κ1) is 20.2. The van der Waals surface area contributed by atoms with Gasteiger partial charge in [-0.25, -0.2) is 0 Å². The fourth-order valence-corrected chi connectivity index (χ4v) is 3.42. The van der Waals surface area contributed by atoms with Crippen molar-refractivity contribution in [2.24, 2.45) is 5.92 Å². The zero-order chi connectivity index (χ0) is 19.9. The van der Waals surface area contributed by atoms with Gasteiger partial charge in [0, 0.05) is 29.2 Å². The Morgan fingerprint density at radius 1 is 1.07 bits per heavy atom. The van der Waals surface area contributed by atoms with Crippen LogP contribution in [0, 0.1) is 5.92 Å². The first-order valence-corrected chi connectivity index (χ1v) is 9.88. The van der Waals surface area contributed by atoms with Crippen molar-refractivity contribution in [1.82, 2.24) is 4.90 Å². The molecule has 1 aliphatic heterocycles. The minimum atomic E-state index is -0.158. The summed E-state index contributed by atoms with van der Waals surface area (Å²) >= 11 is 6.13. The summed E-state index contributed by atoms with van der Waals surface area (Å²) in [5.41, 5.74) is 1.52. The Kier molecular flexibility index (Phi) is 6.93. The second-order valence-electron chi connectivity index (χ2n) is 6.72. The molecule has 28 heavy (non-hydrogen) atoms. The van der Waals surface area contributed by atoms with Gasteiger partial charge in [0.15, 0.2) is 0 Å². The standard InChI is InChI=1S/C22H24ClNO4/c1-2-27-22(26)17-11-13-24(14-12-17)21(25)16-7-9-19(10-8-16)28-15-18-5-3-4-6-20(18)23/h3-10,17H,2,11-15H2,1H3. The van der Waals surface area contributed by atoms with Crippen LogP contribution in [0.15, 0.2) is 48.5 Å². The molecule has 0 N–H and O–H groups in total. The van der Waals surface area contributed by atoms with Crippen molar-refractivity contribution < 1.29 is 19.1 Å². The van der Waals surface area contributed by atoms with E-state index in [1.165, 1.54) is 0 Å². The van der Waals surface area contributed by atoms with Gasteiger partial charge in [-0.1, -0.05) is 29.8 Å². The van der Waals surface area contributed by atoms with E-state index in [0.717, 1.165) is 5.56 Å². The molecule has 0 unspecified atom stereocenters. The SMILES string of the molecule is CCOC(=O)C1CCN(C(=O)c2ccc(OCc3ccccc3Cl)cc2)CC1. The van der Waals surface area contributed by atoms with Gasteiger partial charge in [-0.3, -0.25) is 9.59 Å². The third-order valence-electron chi connectivity index (χ3n) is 4.86. The van der Waals surface area contributed by atoms with Crippen LogP contribution in [-0.4, -0.2) is 36.5 Å². The lowest BCUT2D eigenvalue weighted by Crippen LogP contribution is -2.40. The molecule has 1 fully saturated rings. The maximum atomic E-state index is 12.7. The second-order valence-corrected chi connectivity index (χ2v) is 7.13. The average Bonchev–Trinajstić information content (AvgIpc) is 2.73. The number of piperidine rings is 1. The summed E-state index contributed by atoms with van der Waals surface area (Å²) in [6, 6.07) is 14.6. The number of likely N-dealkylation sites (tertiary alicyclic amines) is 1. The summed E-state index contributed by atoms with van der Waals surface area (Å²) < 4.78 is 10.8. The lowest BCUT2D eigenvalue weighted by Gasteiger charge is -2.31. The highest BCUT2D eigenvalue weighted by molar-refractivity contribution is 6.31. The molecule has 3 rings (SSSR count). The smallest absolute Gasteiger partial charge is 0.309 e. The fraction of sp³-hybridized carbons (Fsp3) is 0.364. The summed E-state index contributed by atoms with van der Waals surface area (Å²) in [5, 5.41) is 0.667. The number of hydrogen-bond acceptors (Lipinski definition) is 4. The van der Waals surface area contributed by atoms with Gasteiger partial charge in [-0.15, -0.1) is 0 Å². The minimum Gasteiger partial charge on any atom is -0.489 e. The number of carbonyl (C=O) groups excluding carboxylic acids is 2. The summed E-state index contributed by atoms with van der Waals surface area (Å²) in [6.45, 7) is 3.69. The topological polar surface area (TPSA) is 55.8 Å². The Hall–Kier alpha value is -2.53. The quantitative estimate of drug-likeness (QED) is 0.676. The molecule has 1 amide bonds. The van der Waals surface area contributed by atoms with Crippen LogP contribution in [0.4, 0.5) is 0 Å². The van der Waals surface area contributed by atoms with Crippen molar-refractivity contribution in [3.63, 3.8) is 0 Å². The summed E-state index contributed by atoms with van der Waals surface area (Å²) in [5.74, 6) is 0.386. The lowest BCUT2D eigenvalue weighted by molar-refractivity contribution is -0.149. The van der Waals surface area contributed by atoms with E-state index >= 15 is 0 Å². The Morgan fingerprint density at radius 2 is 1.75 bits per heavy atom. The normalized spacial score (nSPS) is 14.6. The molecule has 6 heteroatoms. The third kappa shape index (κ3) is 5.04. The van der Waals surface area contributed by atoms with E-state index < -0.39 is 0 Å². The van der Waals surface area contributed by atoms with Gasteiger partial charge in [0.1, 0.15) is 12.4 Å². The molecule has 0 aromatic heterocycles. The summed E-state index contributed by atoms with van der Waals surface area (Å²) in [4.78, 5) is 26.3. The van der Waals surface area contributed by atoms with E-state index in [1.807, 2.05) is 24.3 Å². The van der Waals surface area contributed by atoms with Gasteiger partial charge in [0.2, 0.25) is 0 Å². The Labute approximate surface area is 170 Å². The molecule has 0 spiro atoms. The number of carbonyl (C=O) groups is 2. The molecule has 5 nitrogen and oxygen atoms in total. The van der Waals surface area contributed by atoms with E-state index in [0.29, 0.717) is 55.5 Å². The van der Waals surface area contributed by atoms with Crippen LogP contribution >= 0.6 is 11.6 Å². The van der Waals surface area contributed by atoms with Gasteiger partial charge in [0.25, 0.3) is 5.91 Å². The number of halogens is 1. The molecule has 0 radical (unpaired) electrons. The highest BCUT2D eigenvalue weighted by Crippen LogP contribution is 2.22. The molecule has 1 heterocycles. The van der Waals surface area contributed by atoms with Crippen LogP contribution in [0.5, 0.6) is 5.75 Å². The van der Waals surface area contributed by atoms with Gasteiger partial charge in [-0.2, -0.15) is 0 Å². The van der Waals surface area contributed by atoms with Gasteiger partial charge in [0.05, 0.1) is 12.5 Å². The number of esters is 1. The summed E-state index contributed by atoms with van der Waals surface area (Å²) in [7, 11) is 0. The van der Waals surface area contributed by atoms with Crippen molar-refractivity contribution in [1.29, 1.82) is 0 Å². The van der Waals surface area contributed by atoms with Crippen molar-refractivity contribution in [2.75, 3.05) is 19.7 Å². The zero-order valence-corrected chi connectivity index (χ0v) is 16.7. The third-order valence-corrected chi connectivity index (χ3v) is 5.22. The number of ether oxygens (including phenoxy) is 2. The first-order valence-electron chi connectivity index (χ1n) is 9.50. The monoisotopic (exact) mass is 401 g/mol. The molecule has 2 aromatic rings. The molecular formula is C22H24ClNO4. The molecule has 0 saturated carbocycles. The maximum Gasteiger partial charge on any atom is 0.309 e. The number of benzene rings is 2. The Bertz CT molecular complexity index is 814. The van der Waals surface area contributed by atoms with Gasteiger partial charge < -0.3 is 14.4 Å². The molecule has 1 aliphatic rings. The minimum absolute atomic E-state index is 0.0278. The Morgan fingerprint density at radius 3 is 2.39 bits per heavy atom. The fourth-order valence-electron chi connectivity index (χ4n) is 3.23. The zero-order valence-electron chi connectivity index (χ0n) is 15.9. The van der Waals surface area contributed by atoms with Crippen LogP contribution in [0.2, 0.25) is 5.02 Å². The number of amides is 1. The van der Waals surface area contributed by atoms with E-state index in [-0.39, 0.29) is 17.8 Å². The number of rotatable bonds is 6. The van der Waals surface area contributed by atoms with E-state index in [4.69, 9.17) is 21.1 Å². The number of nitrogens with zero attached hydrogens (tertiary/aromatic N) is 1. The molecule has 1 saturated heterocycles. The predicted molar refractivity (Wildman–Crippen MR) is 107 cm³/mol. The lowest BCUT2D eigenvalue weighted by atomic mass is 9.96. The molecule has 0 atom stereocenters. The van der Waals surface area contributed by atoms with Crippen LogP contribution in [0.1, 0.15) is 35.7 Å². The van der Waals surface area contributed by atoms with Crippen LogP contribution in [0.3, 0.4) is 0 Å². The predicted octanol–water partition coefficient (Wildman–Crippen LogP) is 4.33. The largest absolute Gasteiger partial charge is 0.489 e. The highest BCUT2D eigenvalue weighted by atomic mass is 35.5. The first-order chi connectivity index (χ1) is 13.6. The van der Waals surface area contributed by atoms with Crippen molar-refractivity contribution in [3.8, 4) is 5.75 Å². The second kappa shape index (κ2) is 9.60. The van der Waals surface area contributed by atoms with E-state index in [1.54, 1.807) is 36.1 Å². The van der Waals surface area contributed by atoms with E-state index in [9.17, 15) is 9.59 Å². The number of hydrogen-bond donors (Lipinski definition) is 0. The van der Waals surface area contributed by atoms with Crippen LogP contribution < -0.4 is 4.74 Å². The van der Waals surface area contributed by atoms with Gasteiger partial charge in [-0.05, 0) is 50.1 Å². The Balaban J connectivity index is 1.53. The molecular weight excluding hydrogens is 378 g/mol. The molecule has 0 bridgehead atoms. The van der Waals surface area contributed by atoms with E-state index in [2.05, 4.69) is 0 Å². The average molecular weight is 402 g/mol. The van der Waals surface area contributed by atoms with Crippen molar-refractivity contribution >= 4 is 23.5 Å². The van der Waals surface area contributed by atoms with Gasteiger partial charge >= 0.3 is 5.97 Å². The summed E-state index contributed by atoms with van der Waals surface area (Å²) in [6.07, 6.45) is 1.28. The highest BCUT2D eigenvalue weighted by Gasteiger charge is 2.28. The molecule has 0 aliphatic carbocycles. The maximum absolute atomic E-state index is 12.7. The van der Waals surface area contributed by atoms with Crippen molar-refractivity contribution in [3.05, 3.63) is 64.7 Å². The van der Waals surface area contributed by atoms with Crippen LogP contribution in [0.25, 0.3) is 0 Å². The molecule has 2 aromatic carbocycles. The van der Waals surface area contributed by atoms with Crippen LogP contribution in [-0.2, 0) is 16.1 Å².